The zero-order valence-electron chi connectivity index (χ0n) is 12.2. The van der Waals surface area contributed by atoms with E-state index >= 15 is 0 Å². The van der Waals surface area contributed by atoms with E-state index in [1.165, 1.54) is 0 Å². The molecule has 0 bridgehead atoms. The van der Waals surface area contributed by atoms with Gasteiger partial charge in [0.2, 0.25) is 0 Å². The lowest BCUT2D eigenvalue weighted by molar-refractivity contribution is 0.0947. The van der Waals surface area contributed by atoms with Gasteiger partial charge in [0.15, 0.2) is 5.75 Å². The van der Waals surface area contributed by atoms with Crippen LogP contribution in [0.3, 0.4) is 0 Å². The third-order valence-corrected chi connectivity index (χ3v) is 3.00. The quantitative estimate of drug-likeness (QED) is 0.826. The number of hydrogen-bond donors (Lipinski definition) is 2. The van der Waals surface area contributed by atoms with Crippen molar-refractivity contribution >= 4 is 11.6 Å². The molecular formula is C16H19N3O2. The van der Waals surface area contributed by atoms with Crippen LogP contribution >= 0.6 is 0 Å². The SMILES string of the molecule is CCOc1c(N)cccc1C(=O)NCc1ccc(C)nc1. The highest BCUT2D eigenvalue weighted by Crippen LogP contribution is 2.26. The second-order valence-corrected chi connectivity index (χ2v) is 4.65. The molecule has 0 aliphatic heterocycles. The maximum absolute atomic E-state index is 12.3. The minimum Gasteiger partial charge on any atom is -0.491 e. The number of anilines is 1. The predicted octanol–water partition coefficient (Wildman–Crippen LogP) is 2.30. The third kappa shape index (κ3) is 3.72. The van der Waals surface area contributed by atoms with Crippen molar-refractivity contribution in [3.63, 3.8) is 0 Å². The van der Waals surface area contributed by atoms with Gasteiger partial charge in [0, 0.05) is 18.4 Å². The van der Waals surface area contributed by atoms with Gasteiger partial charge >= 0.3 is 0 Å². The van der Waals surface area contributed by atoms with E-state index in [4.69, 9.17) is 10.5 Å². The van der Waals surface area contributed by atoms with Gasteiger partial charge in [-0.2, -0.15) is 0 Å². The van der Waals surface area contributed by atoms with Crippen LogP contribution in [0.2, 0.25) is 0 Å². The van der Waals surface area contributed by atoms with Crippen molar-refractivity contribution in [2.24, 2.45) is 0 Å². The molecule has 5 nitrogen and oxygen atoms in total. The summed E-state index contributed by atoms with van der Waals surface area (Å²) in [6.07, 6.45) is 1.75. The Balaban J connectivity index is 2.10. The maximum atomic E-state index is 12.3. The zero-order chi connectivity index (χ0) is 15.2. The van der Waals surface area contributed by atoms with Crippen LogP contribution < -0.4 is 15.8 Å². The van der Waals surface area contributed by atoms with Gasteiger partial charge in [0.25, 0.3) is 5.91 Å². The Labute approximate surface area is 124 Å². The lowest BCUT2D eigenvalue weighted by atomic mass is 10.1. The van der Waals surface area contributed by atoms with E-state index in [9.17, 15) is 4.79 Å². The number of aryl methyl sites for hydroxylation is 1. The van der Waals surface area contributed by atoms with E-state index in [2.05, 4.69) is 10.3 Å². The molecule has 0 aliphatic carbocycles. The summed E-state index contributed by atoms with van der Waals surface area (Å²) in [5.74, 6) is 0.214. The van der Waals surface area contributed by atoms with Gasteiger partial charge < -0.3 is 15.8 Å². The van der Waals surface area contributed by atoms with E-state index in [1.54, 1.807) is 24.4 Å². The van der Waals surface area contributed by atoms with Crippen LogP contribution in [0.25, 0.3) is 0 Å². The lowest BCUT2D eigenvalue weighted by Crippen LogP contribution is -2.24. The van der Waals surface area contributed by atoms with Crippen LogP contribution in [-0.4, -0.2) is 17.5 Å². The highest BCUT2D eigenvalue weighted by Gasteiger charge is 2.14. The molecule has 1 aromatic heterocycles. The van der Waals surface area contributed by atoms with E-state index in [0.29, 0.717) is 30.2 Å². The minimum atomic E-state index is -0.216. The summed E-state index contributed by atoms with van der Waals surface area (Å²) in [4.78, 5) is 16.5. The third-order valence-electron chi connectivity index (χ3n) is 3.00. The number of nitrogens with two attached hydrogens (primary N) is 1. The average molecular weight is 285 g/mol. The summed E-state index contributed by atoms with van der Waals surface area (Å²) in [6, 6.07) is 9.00. The van der Waals surface area contributed by atoms with Crippen molar-refractivity contribution in [1.29, 1.82) is 0 Å². The van der Waals surface area contributed by atoms with Crippen molar-refractivity contribution in [2.45, 2.75) is 20.4 Å². The minimum absolute atomic E-state index is 0.216. The summed E-state index contributed by atoms with van der Waals surface area (Å²) >= 11 is 0. The molecule has 3 N–H and O–H groups in total. The number of carbonyl (C=O) groups excluding carboxylic acids is 1. The average Bonchev–Trinajstić information content (AvgIpc) is 2.48. The summed E-state index contributed by atoms with van der Waals surface area (Å²) in [6.45, 7) is 4.64. The predicted molar refractivity (Wildman–Crippen MR) is 82.2 cm³/mol. The lowest BCUT2D eigenvalue weighted by Gasteiger charge is -2.12. The summed E-state index contributed by atoms with van der Waals surface area (Å²) in [5.41, 5.74) is 8.64. The fourth-order valence-corrected chi connectivity index (χ4v) is 1.92. The first-order valence-electron chi connectivity index (χ1n) is 6.82. The summed E-state index contributed by atoms with van der Waals surface area (Å²) < 4.78 is 5.46. The molecule has 2 rings (SSSR count). The van der Waals surface area contributed by atoms with Crippen LogP contribution in [0, 0.1) is 6.92 Å². The molecule has 0 radical (unpaired) electrons. The van der Waals surface area contributed by atoms with Gasteiger partial charge in [-0.3, -0.25) is 9.78 Å². The van der Waals surface area contributed by atoms with Crippen molar-refractivity contribution in [1.82, 2.24) is 10.3 Å². The van der Waals surface area contributed by atoms with E-state index in [-0.39, 0.29) is 5.91 Å². The van der Waals surface area contributed by atoms with Gasteiger partial charge in [0.05, 0.1) is 17.9 Å². The summed E-state index contributed by atoms with van der Waals surface area (Å²) in [7, 11) is 0. The first-order valence-corrected chi connectivity index (χ1v) is 6.82. The van der Waals surface area contributed by atoms with Crippen LogP contribution in [0.15, 0.2) is 36.5 Å². The number of nitrogen functional groups attached to an aromatic ring is 1. The van der Waals surface area contributed by atoms with Gasteiger partial charge in [-0.25, -0.2) is 0 Å². The Hall–Kier alpha value is -2.56. The highest BCUT2D eigenvalue weighted by molar-refractivity contribution is 5.98. The molecule has 5 heteroatoms. The first-order chi connectivity index (χ1) is 10.1. The number of nitrogens with zero attached hydrogens (tertiary/aromatic N) is 1. The van der Waals surface area contributed by atoms with Crippen LogP contribution in [0.4, 0.5) is 5.69 Å². The fourth-order valence-electron chi connectivity index (χ4n) is 1.92. The molecule has 21 heavy (non-hydrogen) atoms. The second kappa shape index (κ2) is 6.74. The van der Waals surface area contributed by atoms with E-state index in [0.717, 1.165) is 11.3 Å². The van der Waals surface area contributed by atoms with Crippen molar-refractivity contribution in [3.05, 3.63) is 53.3 Å². The van der Waals surface area contributed by atoms with E-state index in [1.807, 2.05) is 26.0 Å². The molecule has 2 aromatic rings. The Kier molecular flexibility index (Phi) is 4.77. The molecule has 1 aromatic carbocycles. The Morgan fingerprint density at radius 3 is 2.81 bits per heavy atom. The normalized spacial score (nSPS) is 10.2. The van der Waals surface area contributed by atoms with Crippen molar-refractivity contribution in [2.75, 3.05) is 12.3 Å². The Morgan fingerprint density at radius 1 is 1.33 bits per heavy atom. The van der Waals surface area contributed by atoms with Crippen LogP contribution in [0.1, 0.15) is 28.5 Å². The fraction of sp³-hybridized carbons (Fsp3) is 0.250. The monoisotopic (exact) mass is 285 g/mol. The molecule has 0 unspecified atom stereocenters. The molecule has 0 atom stereocenters. The van der Waals surface area contributed by atoms with Gasteiger partial charge in [0.1, 0.15) is 0 Å². The number of rotatable bonds is 5. The smallest absolute Gasteiger partial charge is 0.255 e. The number of hydrogen-bond acceptors (Lipinski definition) is 4. The first kappa shape index (κ1) is 14.8. The number of benzene rings is 1. The number of pyridine rings is 1. The topological polar surface area (TPSA) is 77.2 Å². The molecule has 110 valence electrons. The van der Waals surface area contributed by atoms with Crippen molar-refractivity contribution in [3.8, 4) is 5.75 Å². The molecule has 1 amide bonds. The van der Waals surface area contributed by atoms with Gasteiger partial charge in [-0.15, -0.1) is 0 Å². The number of carbonyl (C=O) groups is 1. The van der Waals surface area contributed by atoms with E-state index < -0.39 is 0 Å². The highest BCUT2D eigenvalue weighted by atomic mass is 16.5. The number of ether oxygens (including phenoxy) is 1. The molecule has 0 saturated carbocycles. The Morgan fingerprint density at radius 2 is 2.14 bits per heavy atom. The van der Waals surface area contributed by atoms with Gasteiger partial charge in [-0.05, 0) is 37.6 Å². The maximum Gasteiger partial charge on any atom is 0.255 e. The second-order valence-electron chi connectivity index (χ2n) is 4.65. The molecule has 0 aliphatic rings. The number of para-hydroxylation sites is 1. The Bertz CT molecular complexity index is 624. The number of amides is 1. The van der Waals surface area contributed by atoms with Crippen LogP contribution in [-0.2, 0) is 6.54 Å². The number of aromatic nitrogens is 1. The molecule has 0 fully saturated rings. The molecular weight excluding hydrogens is 266 g/mol. The standard InChI is InChI=1S/C16H19N3O2/c1-3-21-15-13(5-4-6-14(15)17)16(20)19-10-12-8-7-11(2)18-9-12/h4-9H,3,10,17H2,1-2H3,(H,19,20). The molecule has 0 saturated heterocycles. The largest absolute Gasteiger partial charge is 0.491 e. The summed E-state index contributed by atoms with van der Waals surface area (Å²) in [5, 5.41) is 2.85. The molecule has 0 spiro atoms. The molecule has 1 heterocycles. The number of nitrogens with one attached hydrogen (secondary N) is 1. The van der Waals surface area contributed by atoms with Crippen molar-refractivity contribution < 1.29 is 9.53 Å². The zero-order valence-corrected chi connectivity index (χ0v) is 12.2. The van der Waals surface area contributed by atoms with Crippen LogP contribution in [0.5, 0.6) is 5.75 Å². The van der Waals surface area contributed by atoms with Gasteiger partial charge in [-0.1, -0.05) is 12.1 Å².